The van der Waals surface area contributed by atoms with Gasteiger partial charge in [-0.05, 0) is 31.4 Å². The van der Waals surface area contributed by atoms with Crippen LogP contribution in [0.5, 0.6) is 0 Å². The number of hydrogen-bond acceptors (Lipinski definition) is 4. The molecule has 1 N–H and O–H groups in total. The van der Waals surface area contributed by atoms with Crippen LogP contribution in [-0.4, -0.2) is 34.3 Å². The fourth-order valence-corrected chi connectivity index (χ4v) is 3.20. The summed E-state index contributed by atoms with van der Waals surface area (Å²) in [6, 6.07) is 8.13. The van der Waals surface area contributed by atoms with E-state index in [0.717, 1.165) is 35.4 Å². The number of aromatic nitrogens is 2. The summed E-state index contributed by atoms with van der Waals surface area (Å²) in [5.74, 6) is 1.65. The van der Waals surface area contributed by atoms with Crippen molar-refractivity contribution in [3.8, 4) is 0 Å². The molecule has 1 aliphatic heterocycles. The first-order valence-corrected chi connectivity index (χ1v) is 7.90. The number of nitrogens with zero attached hydrogens (tertiary/aromatic N) is 3. The van der Waals surface area contributed by atoms with Crippen molar-refractivity contribution in [3.05, 3.63) is 48.3 Å². The zero-order chi connectivity index (χ0) is 14.9. The maximum Gasteiger partial charge on any atom is 0.160 e. The van der Waals surface area contributed by atoms with E-state index in [1.54, 1.807) is 0 Å². The summed E-state index contributed by atoms with van der Waals surface area (Å²) in [4.78, 5) is 11.8. The van der Waals surface area contributed by atoms with E-state index in [0.29, 0.717) is 12.2 Å². The van der Waals surface area contributed by atoms with Crippen molar-refractivity contribution >= 4 is 22.3 Å². The lowest BCUT2D eigenvalue weighted by Crippen LogP contribution is -2.21. The molecule has 1 fully saturated rings. The molecule has 22 heavy (non-hydrogen) atoms. The molecule has 0 amide bonds. The number of fused-ring (bicyclic) bond motifs is 1. The second kappa shape index (κ2) is 5.54. The average molecular weight is 293 g/mol. The Kier molecular flexibility index (Phi) is 3.39. The summed E-state index contributed by atoms with van der Waals surface area (Å²) in [6.45, 7) is 2.09. The van der Waals surface area contributed by atoms with E-state index in [1.165, 1.54) is 12.8 Å². The maximum atomic E-state index is 10.2. The number of hydrogen-bond donors (Lipinski definition) is 1. The molecule has 4 heteroatoms. The number of aliphatic hydroxyl groups is 1. The highest BCUT2D eigenvalue weighted by molar-refractivity contribution is 5.91. The van der Waals surface area contributed by atoms with E-state index >= 15 is 0 Å². The highest BCUT2D eigenvalue weighted by atomic mass is 16.3. The largest absolute Gasteiger partial charge is 0.388 e. The van der Waals surface area contributed by atoms with Crippen LogP contribution >= 0.6 is 0 Å². The third-order valence-electron chi connectivity index (χ3n) is 4.38. The molecule has 0 saturated carbocycles. The van der Waals surface area contributed by atoms with Gasteiger partial charge in [0, 0.05) is 24.0 Å². The van der Waals surface area contributed by atoms with Crippen LogP contribution in [-0.2, 0) is 0 Å². The fourth-order valence-electron chi connectivity index (χ4n) is 3.20. The number of para-hydroxylation sites is 1. The lowest BCUT2D eigenvalue weighted by Gasteiger charge is -2.21. The van der Waals surface area contributed by atoms with Gasteiger partial charge in [0.2, 0.25) is 0 Å². The van der Waals surface area contributed by atoms with E-state index in [-0.39, 0.29) is 0 Å². The molecular formula is C18H19N3O. The van der Waals surface area contributed by atoms with Crippen molar-refractivity contribution in [2.75, 3.05) is 18.0 Å². The first kappa shape index (κ1) is 13.5. The normalized spacial score (nSPS) is 21.4. The highest BCUT2D eigenvalue weighted by Crippen LogP contribution is 2.30. The number of rotatable bonds is 2. The number of aliphatic hydroxyl groups excluding tert-OH is 1. The highest BCUT2D eigenvalue weighted by Gasteiger charge is 2.22. The molecule has 0 bridgehead atoms. The molecular weight excluding hydrogens is 274 g/mol. The van der Waals surface area contributed by atoms with E-state index in [4.69, 9.17) is 4.98 Å². The maximum absolute atomic E-state index is 10.2. The standard InChI is InChI=1S/C18H19N3O/c22-16-10-4-2-8-14(16)17-19-15-9-3-1-7-13(15)18(20-17)21-11-5-6-12-21/h1-4,7-9,16,22H,5-6,10-12H2. The quantitative estimate of drug-likeness (QED) is 0.925. The minimum Gasteiger partial charge on any atom is -0.388 e. The van der Waals surface area contributed by atoms with E-state index in [1.807, 2.05) is 36.4 Å². The molecule has 1 aromatic carbocycles. The Morgan fingerprint density at radius 3 is 2.73 bits per heavy atom. The van der Waals surface area contributed by atoms with Gasteiger partial charge < -0.3 is 10.0 Å². The Morgan fingerprint density at radius 2 is 1.91 bits per heavy atom. The predicted molar refractivity (Wildman–Crippen MR) is 88.7 cm³/mol. The van der Waals surface area contributed by atoms with Gasteiger partial charge in [-0.3, -0.25) is 0 Å². The van der Waals surface area contributed by atoms with E-state index < -0.39 is 6.10 Å². The smallest absolute Gasteiger partial charge is 0.160 e. The second-order valence-corrected chi connectivity index (χ2v) is 5.88. The van der Waals surface area contributed by atoms with Gasteiger partial charge in [0.05, 0.1) is 11.6 Å². The summed E-state index contributed by atoms with van der Waals surface area (Å²) >= 11 is 0. The lowest BCUT2D eigenvalue weighted by atomic mass is 10.0. The first-order chi connectivity index (χ1) is 10.8. The third-order valence-corrected chi connectivity index (χ3v) is 4.38. The summed E-state index contributed by atoms with van der Waals surface area (Å²) in [7, 11) is 0. The van der Waals surface area contributed by atoms with Gasteiger partial charge in [0.15, 0.2) is 5.82 Å². The van der Waals surface area contributed by atoms with Crippen molar-refractivity contribution in [3.63, 3.8) is 0 Å². The molecule has 0 spiro atoms. The lowest BCUT2D eigenvalue weighted by molar-refractivity contribution is 0.234. The summed E-state index contributed by atoms with van der Waals surface area (Å²) in [6.07, 6.45) is 8.39. The van der Waals surface area contributed by atoms with Crippen molar-refractivity contribution in [2.45, 2.75) is 25.4 Å². The molecule has 4 nitrogen and oxygen atoms in total. The van der Waals surface area contributed by atoms with Crippen LogP contribution < -0.4 is 4.90 Å². The zero-order valence-corrected chi connectivity index (χ0v) is 12.4. The molecule has 1 saturated heterocycles. The molecule has 1 unspecified atom stereocenters. The second-order valence-electron chi connectivity index (χ2n) is 5.88. The number of anilines is 1. The molecule has 4 rings (SSSR count). The molecule has 1 atom stereocenters. The monoisotopic (exact) mass is 293 g/mol. The number of benzene rings is 1. The van der Waals surface area contributed by atoms with Gasteiger partial charge in [0.1, 0.15) is 5.82 Å². The summed E-state index contributed by atoms with van der Waals surface area (Å²) < 4.78 is 0. The third kappa shape index (κ3) is 2.29. The van der Waals surface area contributed by atoms with Gasteiger partial charge in [-0.15, -0.1) is 0 Å². The molecule has 2 aromatic rings. The molecule has 0 radical (unpaired) electrons. The van der Waals surface area contributed by atoms with Crippen LogP contribution in [0.3, 0.4) is 0 Å². The summed E-state index contributed by atoms with van der Waals surface area (Å²) in [5, 5.41) is 11.3. The van der Waals surface area contributed by atoms with Crippen LogP contribution in [0.2, 0.25) is 0 Å². The van der Waals surface area contributed by atoms with Gasteiger partial charge in [-0.1, -0.05) is 30.4 Å². The summed E-state index contributed by atoms with van der Waals surface area (Å²) in [5.41, 5.74) is 1.76. The predicted octanol–water partition coefficient (Wildman–Crippen LogP) is 2.93. The Balaban J connectivity index is 1.89. The van der Waals surface area contributed by atoms with Crippen LogP contribution in [0.4, 0.5) is 5.82 Å². The Bertz CT molecular complexity index is 760. The zero-order valence-electron chi connectivity index (χ0n) is 12.4. The van der Waals surface area contributed by atoms with Gasteiger partial charge >= 0.3 is 0 Å². The average Bonchev–Trinajstić information content (AvgIpc) is 3.08. The van der Waals surface area contributed by atoms with Crippen molar-refractivity contribution < 1.29 is 5.11 Å². The van der Waals surface area contributed by atoms with Crippen molar-refractivity contribution in [1.82, 2.24) is 9.97 Å². The topological polar surface area (TPSA) is 49.3 Å². The molecule has 2 aliphatic rings. The SMILES string of the molecule is OC1CC=CC=C1c1nc(N2CCCC2)c2ccccc2n1. The first-order valence-electron chi connectivity index (χ1n) is 7.90. The van der Waals surface area contributed by atoms with E-state index in [9.17, 15) is 5.11 Å². The fraction of sp³-hybridized carbons (Fsp3) is 0.333. The minimum absolute atomic E-state index is 0.516. The Hall–Kier alpha value is -2.20. The number of allylic oxidation sites excluding steroid dienone is 2. The van der Waals surface area contributed by atoms with Crippen LogP contribution in [0.15, 0.2) is 42.5 Å². The van der Waals surface area contributed by atoms with E-state index in [2.05, 4.69) is 16.0 Å². The van der Waals surface area contributed by atoms with Gasteiger partial charge in [-0.25, -0.2) is 9.97 Å². The van der Waals surface area contributed by atoms with Crippen molar-refractivity contribution in [1.29, 1.82) is 0 Å². The molecule has 2 heterocycles. The van der Waals surface area contributed by atoms with Crippen molar-refractivity contribution in [2.24, 2.45) is 0 Å². The Labute approximate surface area is 129 Å². The van der Waals surface area contributed by atoms with Gasteiger partial charge in [-0.2, -0.15) is 0 Å². The van der Waals surface area contributed by atoms with Crippen LogP contribution in [0.1, 0.15) is 25.1 Å². The minimum atomic E-state index is -0.516. The Morgan fingerprint density at radius 1 is 1.09 bits per heavy atom. The van der Waals surface area contributed by atoms with Gasteiger partial charge in [0.25, 0.3) is 0 Å². The molecule has 112 valence electrons. The molecule has 1 aromatic heterocycles. The molecule has 1 aliphatic carbocycles. The van der Waals surface area contributed by atoms with Crippen LogP contribution in [0, 0.1) is 0 Å². The van der Waals surface area contributed by atoms with Crippen LogP contribution in [0.25, 0.3) is 16.5 Å².